The molecule has 0 radical (unpaired) electrons. The second-order valence-electron chi connectivity index (χ2n) is 13.3. The van der Waals surface area contributed by atoms with Crippen LogP contribution in [0.1, 0.15) is 84.0 Å². The van der Waals surface area contributed by atoms with E-state index in [0.717, 1.165) is 93.9 Å². The summed E-state index contributed by atoms with van der Waals surface area (Å²) in [5.74, 6) is 2.27. The molecule has 0 N–H and O–H groups in total. The molecule has 1 amide bonds. The monoisotopic (exact) mass is 693 g/mol. The van der Waals surface area contributed by atoms with Crippen molar-refractivity contribution in [3.8, 4) is 12.1 Å². The second-order valence-corrected chi connectivity index (χ2v) is 13.3. The molecule has 4 aliphatic rings. The maximum absolute atomic E-state index is 12.4. The van der Waals surface area contributed by atoms with E-state index in [1.807, 2.05) is 30.4 Å². The smallest absolute Gasteiger partial charge is 0.524 e. The topological polar surface area (TPSA) is 116 Å². The van der Waals surface area contributed by atoms with Gasteiger partial charge < -0.3 is 19.9 Å². The predicted octanol–water partition coefficient (Wildman–Crippen LogP) is 9.37. The number of rotatable bonds is 10. The van der Waals surface area contributed by atoms with Crippen LogP contribution in [0.5, 0.6) is 0 Å². The maximum Gasteiger partial charge on any atom is 0.524 e. The Morgan fingerprint density at radius 2 is 1.52 bits per heavy atom. The van der Waals surface area contributed by atoms with E-state index in [4.69, 9.17) is 24.5 Å². The van der Waals surface area contributed by atoms with Gasteiger partial charge in [0.2, 0.25) is 0 Å². The van der Waals surface area contributed by atoms with E-state index in [2.05, 4.69) is 31.4 Å². The van der Waals surface area contributed by atoms with Gasteiger partial charge in [-0.2, -0.15) is 15.0 Å². The summed E-state index contributed by atoms with van der Waals surface area (Å²) in [6.45, 7) is 27.2. The van der Waals surface area contributed by atoms with Crippen LogP contribution in [0.25, 0.3) is 19.9 Å². The van der Waals surface area contributed by atoms with Crippen molar-refractivity contribution in [3.63, 3.8) is 0 Å². The van der Waals surface area contributed by atoms with E-state index in [1.54, 1.807) is 24.0 Å². The van der Waals surface area contributed by atoms with E-state index < -0.39 is 0 Å². The third-order valence-electron chi connectivity index (χ3n) is 10.3. The molecule has 1 saturated heterocycles. The van der Waals surface area contributed by atoms with Gasteiger partial charge in [-0.15, -0.1) is 0 Å². The Balaban J connectivity index is 1.70. The van der Waals surface area contributed by atoms with Gasteiger partial charge in [0, 0.05) is 31.9 Å². The Labute approximate surface area is 308 Å². The molecule has 3 fully saturated rings. The molecule has 3 aliphatic carbocycles. The van der Waals surface area contributed by atoms with Crippen molar-refractivity contribution in [1.82, 2.24) is 9.80 Å². The third-order valence-corrected chi connectivity index (χ3v) is 10.3. The quantitative estimate of drug-likeness (QED) is 0.0979. The van der Waals surface area contributed by atoms with Crippen LogP contribution in [0.3, 0.4) is 0 Å². The highest BCUT2D eigenvalue weighted by Gasteiger charge is 2.30. The third kappa shape index (κ3) is 9.68. The Morgan fingerprint density at radius 1 is 0.885 bits per heavy atom. The molecule has 266 valence electrons. The average molecular weight is 694 g/mol. The molecule has 0 aromatic carbocycles. The average Bonchev–Trinajstić information content (AvgIpc) is 3.59. The number of hydrogen-bond donors (Lipinski definition) is 0. The van der Waals surface area contributed by atoms with E-state index >= 15 is 0 Å². The molecule has 0 aromatic heterocycles. The van der Waals surface area contributed by atoms with E-state index in [-0.39, 0.29) is 29.4 Å². The molecular formula is C42H45N8O2-. The SMILES string of the molecule is [C-]#[N+]C([N+]#[C-])=C(/C(C#N)=C/C=C/C1=C(N2CCN(C(=O)OCC)CC2)C(=C/C=C/C(=C=[N-])/C(=C(/C#N)[N+]#[C-])C2CCCCC2)/CC1)C1CCCCC1. The van der Waals surface area contributed by atoms with Crippen LogP contribution in [0.4, 0.5) is 4.79 Å². The number of ether oxygens (including phenoxy) is 1. The van der Waals surface area contributed by atoms with E-state index in [9.17, 15) is 20.7 Å². The van der Waals surface area contributed by atoms with Gasteiger partial charge in [-0.1, -0.05) is 62.8 Å². The molecule has 0 spiro atoms. The van der Waals surface area contributed by atoms with Gasteiger partial charge in [0.15, 0.2) is 0 Å². The minimum absolute atomic E-state index is 0.0132. The van der Waals surface area contributed by atoms with Crippen LogP contribution in [0.2, 0.25) is 0 Å². The first-order chi connectivity index (χ1) is 25.4. The highest BCUT2D eigenvalue weighted by atomic mass is 16.6. The number of amides is 1. The fourth-order valence-electron chi connectivity index (χ4n) is 7.80. The van der Waals surface area contributed by atoms with Gasteiger partial charge in [0.05, 0.1) is 36.5 Å². The molecule has 0 bridgehead atoms. The predicted molar refractivity (Wildman–Crippen MR) is 201 cm³/mol. The molecule has 4 rings (SSSR count). The normalized spacial score (nSPS) is 20.0. The Bertz CT molecular complexity index is 1810. The van der Waals surface area contributed by atoms with Crippen LogP contribution in [0.15, 0.2) is 87.1 Å². The highest BCUT2D eigenvalue weighted by Crippen LogP contribution is 2.39. The molecule has 2 saturated carbocycles. The van der Waals surface area contributed by atoms with Crippen molar-refractivity contribution in [2.24, 2.45) is 11.8 Å². The summed E-state index contributed by atoms with van der Waals surface area (Å²) < 4.78 is 5.23. The van der Waals surface area contributed by atoms with Crippen LogP contribution in [-0.4, -0.2) is 54.5 Å². The first-order valence-corrected chi connectivity index (χ1v) is 18.3. The minimum Gasteiger partial charge on any atom is -0.763 e. The van der Waals surface area contributed by atoms with Gasteiger partial charge in [-0.05, 0) is 91.7 Å². The summed E-state index contributed by atoms with van der Waals surface area (Å²) in [7, 11) is 0. The van der Waals surface area contributed by atoms with Gasteiger partial charge in [0.25, 0.3) is 5.70 Å². The molecular weight excluding hydrogens is 649 g/mol. The Kier molecular flexibility index (Phi) is 15.1. The van der Waals surface area contributed by atoms with Crippen LogP contribution < -0.4 is 0 Å². The molecule has 1 heterocycles. The van der Waals surface area contributed by atoms with Crippen molar-refractivity contribution in [2.75, 3.05) is 32.8 Å². The highest BCUT2D eigenvalue weighted by molar-refractivity contribution is 5.73. The standard InChI is InChI=1S/C42H45N8O2/c1-5-52-42(51)50-26-24-49(25-27-50)40-33(18-12-20-35(28-43)38(37(30-45)46-2)31-14-8-6-9-15-31)22-23-34(40)19-13-21-36(29-44)39(41(47-3)48-4)32-16-10-7-11-17-32/h12-13,18-21,31-32H,5-11,14-17,22-27H2,1H3/q-1/b19-13+,20-12+,33-18+,36-21+,38-37-. The fraction of sp³-hybridized carbons (Fsp3) is 0.476. The lowest BCUT2D eigenvalue weighted by atomic mass is 9.80. The van der Waals surface area contributed by atoms with Gasteiger partial charge in [0.1, 0.15) is 13.1 Å². The van der Waals surface area contributed by atoms with Gasteiger partial charge in [-0.3, -0.25) is 5.87 Å². The summed E-state index contributed by atoms with van der Waals surface area (Å²) in [5, 5.41) is 30.1. The minimum atomic E-state index is -0.326. The summed E-state index contributed by atoms with van der Waals surface area (Å²) in [4.78, 5) is 26.9. The summed E-state index contributed by atoms with van der Waals surface area (Å²) in [6, 6.07) is 4.30. The largest absolute Gasteiger partial charge is 0.763 e. The molecule has 0 aromatic rings. The Morgan fingerprint density at radius 3 is 2.06 bits per heavy atom. The van der Waals surface area contributed by atoms with E-state index in [1.165, 1.54) is 0 Å². The van der Waals surface area contributed by atoms with Crippen LogP contribution in [0, 0.1) is 54.2 Å². The zero-order valence-corrected chi connectivity index (χ0v) is 30.0. The number of hydrogen-bond acceptors (Lipinski definition) is 5. The number of carbonyl (C=O) groups is 1. The summed E-state index contributed by atoms with van der Waals surface area (Å²) in [5.41, 5.74) is 4.94. The number of nitriles is 2. The summed E-state index contributed by atoms with van der Waals surface area (Å²) in [6.07, 6.45) is 22.0. The van der Waals surface area contributed by atoms with Crippen molar-refractivity contribution in [2.45, 2.75) is 84.0 Å². The number of nitrogens with zero attached hydrogens (tertiary/aromatic N) is 8. The van der Waals surface area contributed by atoms with Gasteiger partial charge in [-0.25, -0.2) is 14.9 Å². The van der Waals surface area contributed by atoms with Crippen molar-refractivity contribution < 1.29 is 9.53 Å². The molecule has 0 unspecified atom stereocenters. The Hall–Kier alpha value is -5.85. The van der Waals surface area contributed by atoms with Crippen molar-refractivity contribution in [3.05, 3.63) is 127 Å². The number of carbonyl (C=O) groups excluding carboxylic acids is 1. The first-order valence-electron chi connectivity index (χ1n) is 18.3. The lowest BCUT2D eigenvalue weighted by Gasteiger charge is -2.37. The maximum atomic E-state index is 12.4. The molecule has 52 heavy (non-hydrogen) atoms. The second kappa shape index (κ2) is 20.1. The lowest BCUT2D eigenvalue weighted by Crippen LogP contribution is -2.48. The van der Waals surface area contributed by atoms with Gasteiger partial charge >= 0.3 is 11.9 Å². The fourth-order valence-corrected chi connectivity index (χ4v) is 7.80. The lowest BCUT2D eigenvalue weighted by molar-refractivity contribution is 0.0873. The summed E-state index contributed by atoms with van der Waals surface area (Å²) >= 11 is 0. The zero-order chi connectivity index (χ0) is 37.3. The number of allylic oxidation sites excluding steroid dienone is 13. The zero-order valence-electron chi connectivity index (χ0n) is 30.0. The molecule has 1 aliphatic heterocycles. The molecule has 10 nitrogen and oxygen atoms in total. The van der Waals surface area contributed by atoms with Crippen molar-refractivity contribution >= 4 is 12.0 Å². The van der Waals surface area contributed by atoms with E-state index in [0.29, 0.717) is 55.1 Å². The molecule has 0 atom stereocenters. The number of piperazine rings is 1. The van der Waals surface area contributed by atoms with Crippen molar-refractivity contribution in [1.29, 1.82) is 10.5 Å². The van der Waals surface area contributed by atoms with Crippen LogP contribution in [-0.2, 0) is 4.74 Å². The molecule has 10 heteroatoms. The first kappa shape index (κ1) is 38.9. The van der Waals surface area contributed by atoms with Crippen LogP contribution >= 0.6 is 0 Å².